The van der Waals surface area contributed by atoms with Crippen molar-refractivity contribution in [2.75, 3.05) is 30.9 Å². The predicted octanol–water partition coefficient (Wildman–Crippen LogP) is 2.91. The van der Waals surface area contributed by atoms with E-state index in [4.69, 9.17) is 11.6 Å². The third-order valence-corrected chi connectivity index (χ3v) is 3.79. The van der Waals surface area contributed by atoms with Crippen LogP contribution < -0.4 is 10.2 Å². The summed E-state index contributed by atoms with van der Waals surface area (Å²) in [6.45, 7) is 0.875. The van der Waals surface area contributed by atoms with Crippen LogP contribution in [0.3, 0.4) is 0 Å². The van der Waals surface area contributed by atoms with Crippen molar-refractivity contribution >= 4 is 34.7 Å². The van der Waals surface area contributed by atoms with E-state index >= 15 is 0 Å². The first-order valence-electron chi connectivity index (χ1n) is 5.64. The van der Waals surface area contributed by atoms with Crippen LogP contribution in [0.15, 0.2) is 23.7 Å². The highest BCUT2D eigenvalue weighted by molar-refractivity contribution is 7.09. The fourth-order valence-electron chi connectivity index (χ4n) is 1.58. The molecule has 1 N–H and O–H groups in total. The molecule has 0 amide bonds. The van der Waals surface area contributed by atoms with E-state index in [0.717, 1.165) is 18.8 Å². The SMILES string of the molecule is CNc1ncc(Cl)c(N(C)CCc2cccs2)n1. The van der Waals surface area contributed by atoms with Gasteiger partial charge in [0.1, 0.15) is 5.02 Å². The van der Waals surface area contributed by atoms with E-state index in [-0.39, 0.29) is 0 Å². The Morgan fingerprint density at radius 2 is 2.33 bits per heavy atom. The molecule has 0 saturated carbocycles. The third kappa shape index (κ3) is 3.11. The number of rotatable bonds is 5. The lowest BCUT2D eigenvalue weighted by Gasteiger charge is -2.19. The summed E-state index contributed by atoms with van der Waals surface area (Å²) in [6, 6.07) is 4.20. The van der Waals surface area contributed by atoms with Gasteiger partial charge in [-0.05, 0) is 17.9 Å². The Bertz CT molecular complexity index is 501. The molecule has 0 unspecified atom stereocenters. The van der Waals surface area contributed by atoms with Gasteiger partial charge in [0.2, 0.25) is 5.95 Å². The highest BCUT2D eigenvalue weighted by Crippen LogP contribution is 2.23. The van der Waals surface area contributed by atoms with E-state index in [2.05, 4.69) is 32.8 Å². The van der Waals surface area contributed by atoms with Crippen LogP contribution in [-0.2, 0) is 6.42 Å². The number of nitrogens with zero attached hydrogens (tertiary/aromatic N) is 3. The molecule has 0 radical (unpaired) electrons. The number of anilines is 2. The topological polar surface area (TPSA) is 41.1 Å². The summed E-state index contributed by atoms with van der Waals surface area (Å²) in [4.78, 5) is 11.8. The first-order valence-corrected chi connectivity index (χ1v) is 6.90. The zero-order valence-corrected chi connectivity index (χ0v) is 11.9. The van der Waals surface area contributed by atoms with E-state index < -0.39 is 0 Å². The first-order chi connectivity index (χ1) is 8.70. The Morgan fingerprint density at radius 3 is 3.00 bits per heavy atom. The van der Waals surface area contributed by atoms with Crippen LogP contribution in [0.4, 0.5) is 11.8 Å². The molecule has 0 spiro atoms. The van der Waals surface area contributed by atoms with Crippen LogP contribution in [0.25, 0.3) is 0 Å². The second-order valence-electron chi connectivity index (χ2n) is 3.87. The van der Waals surface area contributed by atoms with Crippen molar-refractivity contribution < 1.29 is 0 Å². The molecule has 4 nitrogen and oxygen atoms in total. The van der Waals surface area contributed by atoms with E-state index in [1.54, 1.807) is 24.6 Å². The Hall–Kier alpha value is -1.33. The van der Waals surface area contributed by atoms with Crippen molar-refractivity contribution in [2.24, 2.45) is 0 Å². The molecule has 6 heteroatoms. The molecule has 2 heterocycles. The molecule has 0 aromatic carbocycles. The van der Waals surface area contributed by atoms with Gasteiger partial charge in [-0.2, -0.15) is 4.98 Å². The number of thiophene rings is 1. The Morgan fingerprint density at radius 1 is 1.50 bits per heavy atom. The monoisotopic (exact) mass is 282 g/mol. The maximum atomic E-state index is 6.12. The average Bonchev–Trinajstić information content (AvgIpc) is 2.89. The van der Waals surface area contributed by atoms with Gasteiger partial charge < -0.3 is 10.2 Å². The van der Waals surface area contributed by atoms with E-state index in [1.165, 1.54) is 4.88 Å². The number of halogens is 1. The maximum Gasteiger partial charge on any atom is 0.224 e. The highest BCUT2D eigenvalue weighted by Gasteiger charge is 2.10. The lowest BCUT2D eigenvalue weighted by atomic mass is 10.3. The lowest BCUT2D eigenvalue weighted by molar-refractivity contribution is 0.865. The van der Waals surface area contributed by atoms with E-state index in [9.17, 15) is 0 Å². The van der Waals surface area contributed by atoms with Crippen molar-refractivity contribution in [2.45, 2.75) is 6.42 Å². The number of likely N-dealkylation sites (N-methyl/N-ethyl adjacent to an activating group) is 1. The molecule has 2 aromatic rings. The molecular formula is C12H15ClN4S. The minimum absolute atomic E-state index is 0.572. The van der Waals surface area contributed by atoms with Crippen LogP contribution in [-0.4, -0.2) is 30.6 Å². The van der Waals surface area contributed by atoms with Gasteiger partial charge in [-0.1, -0.05) is 17.7 Å². The fourth-order valence-corrected chi connectivity index (χ4v) is 2.52. The molecule has 96 valence electrons. The Labute approximate surface area is 116 Å². The summed E-state index contributed by atoms with van der Waals surface area (Å²) >= 11 is 7.88. The summed E-state index contributed by atoms with van der Waals surface area (Å²) in [7, 11) is 3.78. The number of nitrogens with one attached hydrogen (secondary N) is 1. The predicted molar refractivity (Wildman–Crippen MR) is 77.9 cm³/mol. The molecule has 2 aromatic heterocycles. The quantitative estimate of drug-likeness (QED) is 0.915. The number of hydrogen-bond acceptors (Lipinski definition) is 5. The van der Waals surface area contributed by atoms with Gasteiger partial charge in [0.25, 0.3) is 0 Å². The Balaban J connectivity index is 2.05. The minimum Gasteiger partial charge on any atom is -0.358 e. The molecule has 0 aliphatic heterocycles. The van der Waals surface area contributed by atoms with Crippen molar-refractivity contribution in [3.8, 4) is 0 Å². The summed E-state index contributed by atoms with van der Waals surface area (Å²) in [5.74, 6) is 1.34. The van der Waals surface area contributed by atoms with Crippen LogP contribution in [0, 0.1) is 0 Å². The van der Waals surface area contributed by atoms with Gasteiger partial charge in [0.05, 0.1) is 6.20 Å². The zero-order chi connectivity index (χ0) is 13.0. The van der Waals surface area contributed by atoms with E-state index in [1.807, 2.05) is 11.9 Å². The second kappa shape index (κ2) is 6.02. The van der Waals surface area contributed by atoms with Crippen LogP contribution in [0.1, 0.15) is 4.88 Å². The van der Waals surface area contributed by atoms with Crippen LogP contribution >= 0.6 is 22.9 Å². The molecule has 0 atom stereocenters. The highest BCUT2D eigenvalue weighted by atomic mass is 35.5. The van der Waals surface area contributed by atoms with Crippen molar-refractivity contribution in [3.05, 3.63) is 33.6 Å². The smallest absolute Gasteiger partial charge is 0.224 e. The van der Waals surface area contributed by atoms with Gasteiger partial charge >= 0.3 is 0 Å². The standard InChI is InChI=1S/C12H15ClN4S/c1-14-12-15-8-10(13)11(16-12)17(2)6-5-9-4-3-7-18-9/h3-4,7-8H,5-6H2,1-2H3,(H,14,15,16). The van der Waals surface area contributed by atoms with Crippen LogP contribution in [0.2, 0.25) is 5.02 Å². The van der Waals surface area contributed by atoms with Crippen molar-refractivity contribution in [1.82, 2.24) is 9.97 Å². The van der Waals surface area contributed by atoms with Gasteiger partial charge in [0.15, 0.2) is 5.82 Å². The van der Waals surface area contributed by atoms with Gasteiger partial charge in [-0.15, -0.1) is 11.3 Å². The maximum absolute atomic E-state index is 6.12. The van der Waals surface area contributed by atoms with E-state index in [0.29, 0.717) is 11.0 Å². The third-order valence-electron chi connectivity index (χ3n) is 2.58. The summed E-state index contributed by atoms with van der Waals surface area (Å²) in [5.41, 5.74) is 0. The van der Waals surface area contributed by atoms with Gasteiger partial charge in [-0.3, -0.25) is 0 Å². The van der Waals surface area contributed by atoms with Crippen LogP contribution in [0.5, 0.6) is 0 Å². The molecule has 2 rings (SSSR count). The molecule has 0 fully saturated rings. The zero-order valence-electron chi connectivity index (χ0n) is 10.4. The largest absolute Gasteiger partial charge is 0.358 e. The normalized spacial score (nSPS) is 10.4. The molecular weight excluding hydrogens is 268 g/mol. The summed E-state index contributed by atoms with van der Waals surface area (Å²) < 4.78 is 0. The van der Waals surface area contributed by atoms with Crippen molar-refractivity contribution in [1.29, 1.82) is 0 Å². The van der Waals surface area contributed by atoms with Gasteiger partial charge in [0, 0.05) is 25.5 Å². The summed E-state index contributed by atoms with van der Waals surface area (Å²) in [6.07, 6.45) is 2.61. The first kappa shape index (κ1) is 13.1. The molecule has 18 heavy (non-hydrogen) atoms. The summed E-state index contributed by atoms with van der Waals surface area (Å²) in [5, 5.41) is 5.57. The minimum atomic E-state index is 0.572. The molecule has 0 aliphatic carbocycles. The van der Waals surface area contributed by atoms with Crippen molar-refractivity contribution in [3.63, 3.8) is 0 Å². The average molecular weight is 283 g/mol. The lowest BCUT2D eigenvalue weighted by Crippen LogP contribution is -2.22. The number of aromatic nitrogens is 2. The van der Waals surface area contributed by atoms with Gasteiger partial charge in [-0.25, -0.2) is 4.98 Å². The fraction of sp³-hybridized carbons (Fsp3) is 0.333. The Kier molecular flexibility index (Phi) is 4.38. The second-order valence-corrected chi connectivity index (χ2v) is 5.31. The number of hydrogen-bond donors (Lipinski definition) is 1. The molecule has 0 aliphatic rings. The molecule has 0 bridgehead atoms. The molecule has 0 saturated heterocycles.